The first kappa shape index (κ1) is 17.6. The summed E-state index contributed by atoms with van der Waals surface area (Å²) in [6.07, 6.45) is 6.11. The number of ether oxygens (including phenoxy) is 1. The normalized spacial score (nSPS) is 26.2. The minimum absolute atomic E-state index is 0.260. The van der Waals surface area contributed by atoms with Gasteiger partial charge < -0.3 is 9.30 Å². The number of nitrogens with zero attached hydrogens (tertiary/aromatic N) is 2. The van der Waals surface area contributed by atoms with Gasteiger partial charge in [-0.25, -0.2) is 0 Å². The second kappa shape index (κ2) is 6.73. The Morgan fingerprint density at radius 2 is 1.73 bits per heavy atom. The van der Waals surface area contributed by atoms with Gasteiger partial charge >= 0.3 is 0 Å². The van der Waals surface area contributed by atoms with Crippen molar-refractivity contribution in [3.8, 4) is 5.75 Å². The Morgan fingerprint density at radius 3 is 2.31 bits per heavy atom. The third kappa shape index (κ3) is 2.94. The zero-order valence-corrected chi connectivity index (χ0v) is 16.3. The molecule has 4 rings (SSSR count). The van der Waals surface area contributed by atoms with Gasteiger partial charge in [-0.2, -0.15) is 0 Å². The number of aromatic nitrogens is 1. The van der Waals surface area contributed by atoms with Crippen LogP contribution in [0.15, 0.2) is 24.3 Å². The van der Waals surface area contributed by atoms with Crippen LogP contribution in [-0.2, 0) is 0 Å². The van der Waals surface area contributed by atoms with Crippen molar-refractivity contribution in [2.45, 2.75) is 83.6 Å². The largest absolute Gasteiger partial charge is 0.490 e. The van der Waals surface area contributed by atoms with E-state index >= 15 is 0 Å². The molecule has 2 aromatic rings. The first-order valence-corrected chi connectivity index (χ1v) is 10.0. The molecule has 2 aliphatic rings. The van der Waals surface area contributed by atoms with Crippen molar-refractivity contribution in [1.29, 1.82) is 0 Å². The van der Waals surface area contributed by atoms with Gasteiger partial charge in [0.2, 0.25) is 0 Å². The summed E-state index contributed by atoms with van der Waals surface area (Å²) in [7, 11) is 0. The predicted octanol–water partition coefficient (Wildman–Crippen LogP) is 4.82. The second-order valence-electron chi connectivity index (χ2n) is 8.51. The first-order valence-electron chi connectivity index (χ1n) is 10.0. The summed E-state index contributed by atoms with van der Waals surface area (Å²) >= 11 is 0. The maximum absolute atomic E-state index is 11.4. The standard InChI is InChI=1S/C22H30N2O2/c1-14(2)23-17-5-6-18(23)12-21(11-17)26-20-7-8-22-16(10-20)9-19(13-25)24(22)15(3)4/h7-10,13-15,17-18,21H,5-6,11-12H2,1-4H3. The van der Waals surface area contributed by atoms with E-state index in [1.165, 1.54) is 12.8 Å². The van der Waals surface area contributed by atoms with Gasteiger partial charge in [0, 0.05) is 35.1 Å². The molecule has 140 valence electrons. The zero-order valence-electron chi connectivity index (χ0n) is 16.3. The molecule has 4 heteroatoms. The number of fused-ring (bicyclic) bond motifs is 3. The van der Waals surface area contributed by atoms with Crippen LogP contribution in [-0.4, -0.2) is 40.0 Å². The van der Waals surface area contributed by atoms with Crippen molar-refractivity contribution in [3.05, 3.63) is 30.0 Å². The molecule has 0 N–H and O–H groups in total. The molecular weight excluding hydrogens is 324 g/mol. The van der Waals surface area contributed by atoms with Crippen molar-refractivity contribution in [2.24, 2.45) is 0 Å². The summed E-state index contributed by atoms with van der Waals surface area (Å²) in [5.74, 6) is 0.929. The molecule has 3 heterocycles. The summed E-state index contributed by atoms with van der Waals surface area (Å²) in [5, 5.41) is 1.08. The van der Waals surface area contributed by atoms with Crippen LogP contribution in [0.4, 0.5) is 0 Å². The number of carbonyl (C=O) groups excluding carboxylic acids is 1. The lowest BCUT2D eigenvalue weighted by Crippen LogP contribution is -2.49. The number of aldehydes is 1. The average molecular weight is 354 g/mol. The number of hydrogen-bond donors (Lipinski definition) is 0. The molecule has 2 unspecified atom stereocenters. The zero-order chi connectivity index (χ0) is 18.4. The highest BCUT2D eigenvalue weighted by Gasteiger charge is 2.42. The molecule has 2 saturated heterocycles. The number of benzene rings is 1. The van der Waals surface area contributed by atoms with E-state index in [2.05, 4.69) is 55.4 Å². The second-order valence-corrected chi connectivity index (χ2v) is 8.51. The summed E-state index contributed by atoms with van der Waals surface area (Å²) < 4.78 is 8.48. The summed E-state index contributed by atoms with van der Waals surface area (Å²) in [5.41, 5.74) is 1.83. The van der Waals surface area contributed by atoms with Crippen LogP contribution in [0.25, 0.3) is 10.9 Å². The lowest BCUT2D eigenvalue weighted by atomic mass is 9.98. The maximum Gasteiger partial charge on any atom is 0.166 e. The molecule has 26 heavy (non-hydrogen) atoms. The molecule has 2 bridgehead atoms. The SMILES string of the molecule is CC(C)N1C2CCC1CC(Oc1ccc3c(c1)cc(C=O)n3C(C)C)C2. The van der Waals surface area contributed by atoms with Crippen molar-refractivity contribution < 1.29 is 9.53 Å². The van der Waals surface area contributed by atoms with Crippen LogP contribution in [0.3, 0.4) is 0 Å². The highest BCUT2D eigenvalue weighted by molar-refractivity contribution is 5.90. The fraction of sp³-hybridized carbons (Fsp3) is 0.591. The van der Waals surface area contributed by atoms with Gasteiger partial charge in [-0.05, 0) is 77.6 Å². The maximum atomic E-state index is 11.4. The fourth-order valence-corrected chi connectivity index (χ4v) is 5.27. The summed E-state index contributed by atoms with van der Waals surface area (Å²) in [4.78, 5) is 14.1. The van der Waals surface area contributed by atoms with Crippen LogP contribution >= 0.6 is 0 Å². The van der Waals surface area contributed by atoms with Gasteiger partial charge in [0.1, 0.15) is 11.9 Å². The van der Waals surface area contributed by atoms with Crippen LogP contribution in [0.1, 0.15) is 69.9 Å². The minimum atomic E-state index is 0.260. The molecule has 1 aromatic carbocycles. The lowest BCUT2D eigenvalue weighted by molar-refractivity contribution is 0.0308. The van der Waals surface area contributed by atoms with E-state index in [0.717, 1.165) is 41.5 Å². The van der Waals surface area contributed by atoms with Crippen molar-refractivity contribution in [2.75, 3.05) is 0 Å². The highest BCUT2D eigenvalue weighted by atomic mass is 16.5. The van der Waals surface area contributed by atoms with E-state index in [9.17, 15) is 4.79 Å². The quantitative estimate of drug-likeness (QED) is 0.722. The molecule has 2 atom stereocenters. The van der Waals surface area contributed by atoms with Gasteiger partial charge in [0.25, 0.3) is 0 Å². The molecule has 2 fully saturated rings. The van der Waals surface area contributed by atoms with E-state index in [1.807, 2.05) is 6.07 Å². The number of piperidine rings is 1. The van der Waals surface area contributed by atoms with Gasteiger partial charge in [-0.15, -0.1) is 0 Å². The number of rotatable bonds is 5. The Kier molecular flexibility index (Phi) is 4.55. The van der Waals surface area contributed by atoms with Gasteiger partial charge in [-0.3, -0.25) is 9.69 Å². The smallest absolute Gasteiger partial charge is 0.166 e. The van der Waals surface area contributed by atoms with E-state index in [0.29, 0.717) is 24.2 Å². The molecule has 4 nitrogen and oxygen atoms in total. The van der Waals surface area contributed by atoms with E-state index in [1.54, 1.807) is 0 Å². The number of hydrogen-bond acceptors (Lipinski definition) is 3. The molecule has 0 radical (unpaired) electrons. The minimum Gasteiger partial charge on any atom is -0.490 e. The third-order valence-electron chi connectivity index (χ3n) is 6.12. The molecule has 0 spiro atoms. The highest BCUT2D eigenvalue weighted by Crippen LogP contribution is 2.39. The fourth-order valence-electron chi connectivity index (χ4n) is 5.27. The van der Waals surface area contributed by atoms with Gasteiger partial charge in [0.05, 0.1) is 5.69 Å². The number of carbonyl (C=O) groups is 1. The van der Waals surface area contributed by atoms with Crippen LogP contribution in [0.5, 0.6) is 5.75 Å². The Balaban J connectivity index is 1.54. The van der Waals surface area contributed by atoms with Crippen LogP contribution < -0.4 is 4.74 Å². The molecule has 1 aromatic heterocycles. The molecule has 0 saturated carbocycles. The van der Waals surface area contributed by atoms with E-state index < -0.39 is 0 Å². The Bertz CT molecular complexity index is 794. The molecular formula is C22H30N2O2. The van der Waals surface area contributed by atoms with Crippen molar-refractivity contribution in [1.82, 2.24) is 9.47 Å². The van der Waals surface area contributed by atoms with Crippen LogP contribution in [0.2, 0.25) is 0 Å². The Labute approximate surface area is 156 Å². The predicted molar refractivity (Wildman–Crippen MR) is 105 cm³/mol. The topological polar surface area (TPSA) is 34.5 Å². The molecule has 0 amide bonds. The van der Waals surface area contributed by atoms with Crippen molar-refractivity contribution >= 4 is 17.2 Å². The molecule has 0 aliphatic carbocycles. The Hall–Kier alpha value is -1.81. The molecule has 2 aliphatic heterocycles. The van der Waals surface area contributed by atoms with Crippen LogP contribution in [0, 0.1) is 0 Å². The summed E-state index contributed by atoms with van der Waals surface area (Å²) in [6.45, 7) is 8.83. The van der Waals surface area contributed by atoms with Gasteiger partial charge in [0.15, 0.2) is 6.29 Å². The van der Waals surface area contributed by atoms with Crippen molar-refractivity contribution in [3.63, 3.8) is 0 Å². The lowest BCUT2D eigenvalue weighted by Gasteiger charge is -2.41. The van der Waals surface area contributed by atoms with Gasteiger partial charge in [-0.1, -0.05) is 0 Å². The first-order chi connectivity index (χ1) is 12.5. The Morgan fingerprint density at radius 1 is 1.04 bits per heavy atom. The van der Waals surface area contributed by atoms with E-state index in [-0.39, 0.29) is 6.04 Å². The third-order valence-corrected chi connectivity index (χ3v) is 6.12. The average Bonchev–Trinajstić information content (AvgIpc) is 3.09. The monoisotopic (exact) mass is 354 g/mol. The van der Waals surface area contributed by atoms with E-state index in [4.69, 9.17) is 4.74 Å². The summed E-state index contributed by atoms with van der Waals surface area (Å²) in [6, 6.07) is 10.5.